The minimum atomic E-state index is -0.315. The van der Waals surface area contributed by atoms with E-state index in [-0.39, 0.29) is 23.5 Å². The normalized spacial score (nSPS) is 18.1. The highest BCUT2D eigenvalue weighted by Crippen LogP contribution is 2.27. The first-order valence-corrected chi connectivity index (χ1v) is 14.4. The van der Waals surface area contributed by atoms with Gasteiger partial charge in [0, 0.05) is 36.9 Å². The Balaban J connectivity index is 1.16. The minimum absolute atomic E-state index is 0.158. The second-order valence-corrected chi connectivity index (χ2v) is 12.2. The minimum Gasteiger partial charge on any atom is -0.368 e. The molecule has 0 spiro atoms. The number of urea groups is 1. The van der Waals surface area contributed by atoms with Crippen molar-refractivity contribution in [3.63, 3.8) is 0 Å². The maximum atomic E-state index is 13.0. The summed E-state index contributed by atoms with van der Waals surface area (Å²) in [6, 6.07) is 17.7. The Morgan fingerprint density at radius 1 is 0.975 bits per heavy atom. The Morgan fingerprint density at radius 2 is 1.68 bits per heavy atom. The summed E-state index contributed by atoms with van der Waals surface area (Å²) in [7, 11) is 0. The molecule has 2 saturated heterocycles. The molecule has 40 heavy (non-hydrogen) atoms. The molecule has 0 bridgehead atoms. The van der Waals surface area contributed by atoms with Crippen LogP contribution in [0.25, 0.3) is 5.69 Å². The first-order valence-electron chi connectivity index (χ1n) is 14.4. The number of nitrogens with zero attached hydrogens (tertiary/aromatic N) is 3. The number of ether oxygens (including phenoxy) is 1. The Kier molecular flexibility index (Phi) is 8.26. The van der Waals surface area contributed by atoms with Crippen LogP contribution < -0.4 is 10.6 Å². The van der Waals surface area contributed by atoms with Crippen molar-refractivity contribution in [2.45, 2.75) is 71.3 Å². The number of carbonyl (C=O) groups is 2. The number of hydrogen-bond acceptors (Lipinski definition) is 4. The summed E-state index contributed by atoms with van der Waals surface area (Å²) >= 11 is 0. The van der Waals surface area contributed by atoms with E-state index in [1.54, 1.807) is 4.68 Å². The molecule has 1 aromatic heterocycles. The molecule has 8 nitrogen and oxygen atoms in total. The van der Waals surface area contributed by atoms with Crippen LogP contribution in [-0.2, 0) is 21.4 Å². The standard InChI is InChI=1S/C32H41N5O3/c1-22-7-13-26(14-8-22)37-29(21-28(35-37)32(2,3)4)34-31(39)33-25-11-9-23(10-12-25)20-24-15-17-36(18-16-24)30(38)27-6-5-19-40-27/h7-14,21,24,27H,5-6,15-20H2,1-4H3,(H2,33,34,39)/t27-/m0/s1. The van der Waals surface area contributed by atoms with E-state index in [0.717, 1.165) is 67.8 Å². The number of aromatic nitrogens is 2. The lowest BCUT2D eigenvalue weighted by Gasteiger charge is -2.33. The van der Waals surface area contributed by atoms with Crippen molar-refractivity contribution in [3.8, 4) is 5.69 Å². The highest BCUT2D eigenvalue weighted by molar-refractivity contribution is 5.99. The van der Waals surface area contributed by atoms with E-state index < -0.39 is 0 Å². The lowest BCUT2D eigenvalue weighted by Crippen LogP contribution is -2.44. The van der Waals surface area contributed by atoms with Crippen molar-refractivity contribution in [1.82, 2.24) is 14.7 Å². The predicted molar refractivity (Wildman–Crippen MR) is 158 cm³/mol. The quantitative estimate of drug-likeness (QED) is 0.394. The molecule has 0 saturated carbocycles. The van der Waals surface area contributed by atoms with Gasteiger partial charge in [-0.25, -0.2) is 9.48 Å². The summed E-state index contributed by atoms with van der Waals surface area (Å²) < 4.78 is 7.36. The van der Waals surface area contributed by atoms with Crippen LogP contribution in [0.5, 0.6) is 0 Å². The Bertz CT molecular complexity index is 1310. The monoisotopic (exact) mass is 543 g/mol. The van der Waals surface area contributed by atoms with E-state index in [2.05, 4.69) is 43.5 Å². The van der Waals surface area contributed by atoms with Gasteiger partial charge in [-0.1, -0.05) is 50.6 Å². The topological polar surface area (TPSA) is 88.5 Å². The van der Waals surface area contributed by atoms with E-state index in [1.807, 2.05) is 54.3 Å². The lowest BCUT2D eigenvalue weighted by atomic mass is 9.90. The molecule has 2 aliphatic heterocycles. The number of anilines is 2. The molecule has 3 heterocycles. The zero-order valence-corrected chi connectivity index (χ0v) is 24.1. The summed E-state index contributed by atoms with van der Waals surface area (Å²) in [6.45, 7) is 10.7. The molecule has 2 fully saturated rings. The van der Waals surface area contributed by atoms with Gasteiger partial charge in [-0.2, -0.15) is 5.10 Å². The summed E-state index contributed by atoms with van der Waals surface area (Å²) in [4.78, 5) is 27.5. The second kappa shape index (κ2) is 11.8. The average Bonchev–Trinajstić information content (AvgIpc) is 3.61. The molecule has 2 aromatic carbocycles. The zero-order valence-electron chi connectivity index (χ0n) is 24.1. The fourth-order valence-electron chi connectivity index (χ4n) is 5.39. The third-order valence-corrected chi connectivity index (χ3v) is 7.87. The number of rotatable bonds is 6. The Hall–Kier alpha value is -3.65. The average molecular weight is 544 g/mol. The number of piperidine rings is 1. The van der Waals surface area contributed by atoms with Gasteiger partial charge in [-0.15, -0.1) is 0 Å². The molecule has 0 unspecified atom stereocenters. The van der Waals surface area contributed by atoms with Crippen LogP contribution in [0.4, 0.5) is 16.3 Å². The van der Waals surface area contributed by atoms with Crippen molar-refractivity contribution in [3.05, 3.63) is 71.4 Å². The Morgan fingerprint density at radius 3 is 2.30 bits per heavy atom. The van der Waals surface area contributed by atoms with Gasteiger partial charge in [0.2, 0.25) is 0 Å². The van der Waals surface area contributed by atoms with Crippen LogP contribution in [0.3, 0.4) is 0 Å². The van der Waals surface area contributed by atoms with Crippen LogP contribution in [0.1, 0.15) is 63.3 Å². The van der Waals surface area contributed by atoms with Gasteiger partial charge < -0.3 is 15.0 Å². The zero-order chi connectivity index (χ0) is 28.3. The van der Waals surface area contributed by atoms with Crippen LogP contribution in [0, 0.1) is 12.8 Å². The molecule has 1 atom stereocenters. The summed E-state index contributed by atoms with van der Waals surface area (Å²) in [6.07, 6.45) is 4.59. The van der Waals surface area contributed by atoms with E-state index in [0.29, 0.717) is 18.3 Å². The van der Waals surface area contributed by atoms with Gasteiger partial charge in [0.25, 0.3) is 5.91 Å². The third kappa shape index (κ3) is 6.73. The van der Waals surface area contributed by atoms with E-state index >= 15 is 0 Å². The first kappa shape index (κ1) is 27.9. The number of aryl methyl sites for hydroxylation is 1. The van der Waals surface area contributed by atoms with Crippen LogP contribution in [-0.4, -0.2) is 52.4 Å². The highest BCUT2D eigenvalue weighted by atomic mass is 16.5. The van der Waals surface area contributed by atoms with Crippen molar-refractivity contribution in [1.29, 1.82) is 0 Å². The largest absolute Gasteiger partial charge is 0.368 e. The van der Waals surface area contributed by atoms with Crippen molar-refractivity contribution < 1.29 is 14.3 Å². The fourth-order valence-corrected chi connectivity index (χ4v) is 5.39. The van der Waals surface area contributed by atoms with E-state index in [4.69, 9.17) is 9.84 Å². The van der Waals surface area contributed by atoms with Crippen LogP contribution >= 0.6 is 0 Å². The molecule has 0 radical (unpaired) electrons. The third-order valence-electron chi connectivity index (χ3n) is 7.87. The van der Waals surface area contributed by atoms with E-state index in [9.17, 15) is 9.59 Å². The molecule has 2 N–H and O–H groups in total. The maximum Gasteiger partial charge on any atom is 0.324 e. The second-order valence-electron chi connectivity index (χ2n) is 12.2. The molecule has 3 aromatic rings. The van der Waals surface area contributed by atoms with Crippen molar-refractivity contribution in [2.24, 2.45) is 5.92 Å². The smallest absolute Gasteiger partial charge is 0.324 e. The summed E-state index contributed by atoms with van der Waals surface area (Å²) in [5.74, 6) is 1.34. The first-order chi connectivity index (χ1) is 19.2. The number of hydrogen-bond donors (Lipinski definition) is 2. The fraction of sp³-hybridized carbons (Fsp3) is 0.469. The molecule has 212 valence electrons. The molecule has 0 aliphatic carbocycles. The molecule has 3 amide bonds. The van der Waals surface area contributed by atoms with E-state index in [1.165, 1.54) is 5.56 Å². The van der Waals surface area contributed by atoms with Gasteiger partial charge in [0.05, 0.1) is 11.4 Å². The number of benzene rings is 2. The SMILES string of the molecule is Cc1ccc(-n2nc(C(C)(C)C)cc2NC(=O)Nc2ccc(CC3CCN(C(=O)[C@@H]4CCCO4)CC3)cc2)cc1. The summed E-state index contributed by atoms with van der Waals surface area (Å²) in [5, 5.41) is 10.7. The maximum absolute atomic E-state index is 13.0. The van der Waals surface area contributed by atoms with Crippen molar-refractivity contribution in [2.75, 3.05) is 30.3 Å². The number of likely N-dealkylation sites (tertiary alicyclic amines) is 1. The molecular weight excluding hydrogens is 502 g/mol. The van der Waals surface area contributed by atoms with Gasteiger partial charge in [-0.05, 0) is 74.8 Å². The molecular formula is C32H41N5O3. The van der Waals surface area contributed by atoms with Gasteiger partial charge in [0.1, 0.15) is 11.9 Å². The predicted octanol–water partition coefficient (Wildman–Crippen LogP) is 6.08. The van der Waals surface area contributed by atoms with Crippen LogP contribution in [0.2, 0.25) is 0 Å². The van der Waals surface area contributed by atoms with Gasteiger partial charge in [-0.3, -0.25) is 10.1 Å². The molecule has 2 aliphatic rings. The van der Waals surface area contributed by atoms with Gasteiger partial charge in [0.15, 0.2) is 0 Å². The number of amides is 3. The van der Waals surface area contributed by atoms with Gasteiger partial charge >= 0.3 is 6.03 Å². The number of carbonyl (C=O) groups excluding carboxylic acids is 2. The van der Waals surface area contributed by atoms with Crippen molar-refractivity contribution >= 4 is 23.4 Å². The summed E-state index contributed by atoms with van der Waals surface area (Å²) in [5.41, 5.74) is 4.77. The van der Waals surface area contributed by atoms with Crippen LogP contribution in [0.15, 0.2) is 54.6 Å². The molecule has 8 heteroatoms. The highest BCUT2D eigenvalue weighted by Gasteiger charge is 2.31. The lowest BCUT2D eigenvalue weighted by molar-refractivity contribution is -0.142. The molecule has 5 rings (SSSR count). The number of nitrogens with one attached hydrogen (secondary N) is 2. The Labute approximate surface area is 237 Å².